The van der Waals surface area contributed by atoms with Gasteiger partial charge < -0.3 is 9.64 Å². The van der Waals surface area contributed by atoms with E-state index < -0.39 is 0 Å². The van der Waals surface area contributed by atoms with Crippen LogP contribution in [0, 0.1) is 5.39 Å². The summed E-state index contributed by atoms with van der Waals surface area (Å²) in [6, 6.07) is 11.3. The van der Waals surface area contributed by atoms with Gasteiger partial charge in [0.15, 0.2) is 10.7 Å². The molecule has 2 aromatic carbocycles. The third-order valence-corrected chi connectivity index (χ3v) is 3.87. The molecule has 0 radical (unpaired) electrons. The summed E-state index contributed by atoms with van der Waals surface area (Å²) in [4.78, 5) is 5.08. The average Bonchev–Trinajstić information content (AvgIpc) is 2.48. The zero-order chi connectivity index (χ0) is 17.2. The molecule has 0 heterocycles. The Morgan fingerprint density at radius 2 is 1.70 bits per heavy atom. The minimum absolute atomic E-state index is 0.0938. The Morgan fingerprint density at radius 1 is 1.09 bits per heavy atom. The lowest BCUT2D eigenvalue weighted by molar-refractivity contribution is 0.482. The van der Waals surface area contributed by atoms with E-state index in [1.165, 1.54) is 5.56 Å². The molecule has 0 N–H and O–H groups in total. The fourth-order valence-corrected chi connectivity index (χ4v) is 2.39. The maximum absolute atomic E-state index is 9.04. The molecule has 0 aromatic heterocycles. The first kappa shape index (κ1) is 17.1. The predicted molar refractivity (Wildman–Crippen MR) is 95.7 cm³/mol. The summed E-state index contributed by atoms with van der Waals surface area (Å²) in [6.07, 6.45) is 0. The van der Waals surface area contributed by atoms with Gasteiger partial charge in [0.05, 0.1) is 11.8 Å². The standard InChI is InChI=1S/C18H21ClN3O/c1-18(2,3)12-6-8-13(9-7-12)23-17-11-15(21-20)14(19)10-16(17)22(4)5/h6-11H,1-5H3/q+1. The number of diazo groups is 1. The first-order valence-corrected chi connectivity index (χ1v) is 7.74. The van der Waals surface area contributed by atoms with Crippen LogP contribution in [-0.4, -0.2) is 14.1 Å². The van der Waals surface area contributed by atoms with E-state index in [2.05, 4.69) is 37.9 Å². The maximum Gasteiger partial charge on any atom is 0.407 e. The molecule has 0 aliphatic rings. The Morgan fingerprint density at radius 3 is 2.17 bits per heavy atom. The Bertz CT molecular complexity index is 741. The normalized spacial score (nSPS) is 11.0. The molecule has 0 aliphatic carbocycles. The van der Waals surface area contributed by atoms with Gasteiger partial charge in [-0.25, -0.2) is 0 Å². The summed E-state index contributed by atoms with van der Waals surface area (Å²) in [5.74, 6) is 1.29. The van der Waals surface area contributed by atoms with Crippen molar-refractivity contribution in [2.45, 2.75) is 26.2 Å². The van der Waals surface area contributed by atoms with E-state index in [-0.39, 0.29) is 11.1 Å². The molecule has 0 amide bonds. The monoisotopic (exact) mass is 330 g/mol. The summed E-state index contributed by atoms with van der Waals surface area (Å²) in [6.45, 7) is 6.50. The van der Waals surface area contributed by atoms with Crippen molar-refractivity contribution >= 4 is 23.0 Å². The van der Waals surface area contributed by atoms with Gasteiger partial charge in [0.2, 0.25) is 5.39 Å². The van der Waals surface area contributed by atoms with Gasteiger partial charge in [-0.1, -0.05) is 44.5 Å². The number of rotatable bonds is 3. The van der Waals surface area contributed by atoms with Crippen LogP contribution >= 0.6 is 11.6 Å². The number of ether oxygens (including phenoxy) is 1. The van der Waals surface area contributed by atoms with E-state index in [0.717, 1.165) is 5.69 Å². The van der Waals surface area contributed by atoms with Crippen molar-refractivity contribution in [3.63, 3.8) is 0 Å². The molecule has 0 bridgehead atoms. The van der Waals surface area contributed by atoms with E-state index in [1.807, 2.05) is 31.1 Å². The summed E-state index contributed by atoms with van der Waals surface area (Å²) in [7, 11) is 3.80. The number of nitrogens with zero attached hydrogens (tertiary/aromatic N) is 3. The first-order chi connectivity index (χ1) is 10.7. The summed E-state index contributed by atoms with van der Waals surface area (Å²) >= 11 is 6.08. The topological polar surface area (TPSA) is 40.6 Å². The van der Waals surface area contributed by atoms with Crippen molar-refractivity contribution in [3.05, 3.63) is 52.0 Å². The van der Waals surface area contributed by atoms with Crippen LogP contribution in [-0.2, 0) is 5.41 Å². The van der Waals surface area contributed by atoms with Crippen LogP contribution in [0.2, 0.25) is 5.02 Å². The molecule has 2 aromatic rings. The quantitative estimate of drug-likeness (QED) is 0.650. The van der Waals surface area contributed by atoms with Crippen molar-refractivity contribution in [2.24, 2.45) is 0 Å². The van der Waals surface area contributed by atoms with Crippen LogP contribution in [0.1, 0.15) is 26.3 Å². The minimum atomic E-state index is 0.0938. The summed E-state index contributed by atoms with van der Waals surface area (Å²) in [5.41, 5.74) is 2.41. The second-order valence-electron chi connectivity index (χ2n) is 6.64. The highest BCUT2D eigenvalue weighted by molar-refractivity contribution is 6.33. The van der Waals surface area contributed by atoms with Gasteiger partial charge in [0.25, 0.3) is 0 Å². The van der Waals surface area contributed by atoms with Gasteiger partial charge in [-0.2, -0.15) is 0 Å². The molecule has 0 saturated carbocycles. The highest BCUT2D eigenvalue weighted by Gasteiger charge is 2.20. The molecule has 0 fully saturated rings. The number of halogens is 1. The van der Waals surface area contributed by atoms with Crippen LogP contribution in [0.25, 0.3) is 4.98 Å². The van der Waals surface area contributed by atoms with Gasteiger partial charge in [-0.15, -0.1) is 0 Å². The highest BCUT2D eigenvalue weighted by Crippen LogP contribution is 2.40. The van der Waals surface area contributed by atoms with Crippen molar-refractivity contribution in [1.82, 2.24) is 0 Å². The molecular weight excluding hydrogens is 310 g/mol. The Hall–Kier alpha value is -2.25. The number of hydrogen-bond donors (Lipinski definition) is 0. The molecular formula is C18H21ClN3O+. The smallest absolute Gasteiger partial charge is 0.407 e. The van der Waals surface area contributed by atoms with Gasteiger partial charge in [-0.3, -0.25) is 0 Å². The lowest BCUT2D eigenvalue weighted by Gasteiger charge is -2.20. The molecule has 0 unspecified atom stereocenters. The number of hydrogen-bond acceptors (Lipinski definition) is 3. The molecule has 23 heavy (non-hydrogen) atoms. The largest absolute Gasteiger partial charge is 0.455 e. The van der Waals surface area contributed by atoms with E-state index in [1.54, 1.807) is 12.1 Å². The van der Waals surface area contributed by atoms with Gasteiger partial charge in [0.1, 0.15) is 10.8 Å². The molecule has 5 heteroatoms. The van der Waals surface area contributed by atoms with Crippen molar-refractivity contribution in [2.75, 3.05) is 19.0 Å². The second-order valence-corrected chi connectivity index (χ2v) is 7.05. The first-order valence-electron chi connectivity index (χ1n) is 7.36. The maximum atomic E-state index is 9.04. The van der Waals surface area contributed by atoms with Gasteiger partial charge in [0, 0.05) is 14.1 Å². The van der Waals surface area contributed by atoms with E-state index in [4.69, 9.17) is 21.7 Å². The van der Waals surface area contributed by atoms with E-state index in [9.17, 15) is 0 Å². The van der Waals surface area contributed by atoms with E-state index in [0.29, 0.717) is 16.5 Å². The average molecular weight is 331 g/mol. The molecule has 0 atom stereocenters. The van der Waals surface area contributed by atoms with Crippen LogP contribution in [0.4, 0.5) is 11.4 Å². The van der Waals surface area contributed by atoms with Gasteiger partial charge >= 0.3 is 5.69 Å². The SMILES string of the molecule is CN(C)c1cc(Cl)c([N+]#N)cc1Oc1ccc(C(C)(C)C)cc1. The van der Waals surface area contributed by atoms with Crippen molar-refractivity contribution in [1.29, 1.82) is 5.39 Å². The molecule has 4 nitrogen and oxygen atoms in total. The minimum Gasteiger partial charge on any atom is -0.455 e. The Kier molecular flexibility index (Phi) is 4.82. The zero-order valence-electron chi connectivity index (χ0n) is 14.1. The van der Waals surface area contributed by atoms with Crippen LogP contribution in [0.3, 0.4) is 0 Å². The second kappa shape index (κ2) is 6.47. The molecule has 0 spiro atoms. The molecule has 2 rings (SSSR count). The number of benzene rings is 2. The fourth-order valence-electron chi connectivity index (χ4n) is 2.19. The van der Waals surface area contributed by atoms with Crippen molar-refractivity contribution < 1.29 is 4.74 Å². The van der Waals surface area contributed by atoms with E-state index >= 15 is 0 Å². The van der Waals surface area contributed by atoms with Crippen molar-refractivity contribution in [3.8, 4) is 11.5 Å². The third kappa shape index (κ3) is 3.94. The predicted octanol–water partition coefficient (Wildman–Crippen LogP) is 5.98. The third-order valence-electron chi connectivity index (χ3n) is 3.57. The fraction of sp³-hybridized carbons (Fsp3) is 0.333. The lowest BCUT2D eigenvalue weighted by atomic mass is 9.87. The zero-order valence-corrected chi connectivity index (χ0v) is 14.8. The summed E-state index contributed by atoms with van der Waals surface area (Å²) < 4.78 is 5.96. The Balaban J connectivity index is 2.38. The molecule has 0 saturated heterocycles. The van der Waals surface area contributed by atoms with Crippen LogP contribution in [0.5, 0.6) is 11.5 Å². The molecule has 120 valence electrons. The number of anilines is 1. The Labute approximate surface area is 142 Å². The summed E-state index contributed by atoms with van der Waals surface area (Å²) in [5, 5.41) is 9.40. The van der Waals surface area contributed by atoms with Crippen LogP contribution < -0.4 is 9.64 Å². The van der Waals surface area contributed by atoms with Gasteiger partial charge in [-0.05, 0) is 29.2 Å². The van der Waals surface area contributed by atoms with Crippen LogP contribution in [0.15, 0.2) is 36.4 Å². The lowest BCUT2D eigenvalue weighted by Crippen LogP contribution is -2.11. The highest BCUT2D eigenvalue weighted by atomic mass is 35.5. The molecule has 0 aliphatic heterocycles.